The second kappa shape index (κ2) is 4.95. The van der Waals surface area contributed by atoms with E-state index in [2.05, 4.69) is 0 Å². The Morgan fingerprint density at radius 1 is 1.40 bits per heavy atom. The van der Waals surface area contributed by atoms with E-state index in [9.17, 15) is 9.59 Å². The number of benzene rings is 1. The van der Waals surface area contributed by atoms with Crippen molar-refractivity contribution < 1.29 is 14.7 Å². The van der Waals surface area contributed by atoms with Crippen LogP contribution in [0.15, 0.2) is 18.2 Å². The van der Waals surface area contributed by atoms with Gasteiger partial charge in [-0.3, -0.25) is 4.79 Å². The average molecular weight is 225 g/mol. The van der Waals surface area contributed by atoms with Gasteiger partial charge in [0.25, 0.3) is 0 Å². The lowest BCUT2D eigenvalue weighted by Gasteiger charge is -2.08. The van der Waals surface area contributed by atoms with E-state index in [4.69, 9.17) is 10.8 Å². The minimum Gasteiger partial charge on any atom is -0.478 e. The Morgan fingerprint density at radius 2 is 2.00 bits per heavy atom. The van der Waals surface area contributed by atoms with Gasteiger partial charge >= 0.3 is 5.97 Å². The summed E-state index contributed by atoms with van der Waals surface area (Å²) in [7, 11) is 0. The molecule has 0 radical (unpaired) electrons. The standard InChI is InChI=1S/C10H11NO3S/c1-15-10(14)7-4-2-3-6(9(12)13)8(7)5-11/h2-4H,5,11H2,1H3,(H,12,13). The molecule has 0 aliphatic heterocycles. The average Bonchev–Trinajstić information content (AvgIpc) is 2.26. The van der Waals surface area contributed by atoms with E-state index < -0.39 is 5.97 Å². The number of aromatic carboxylic acids is 1. The Hall–Kier alpha value is -1.33. The molecule has 0 aliphatic carbocycles. The second-order valence-corrected chi connectivity index (χ2v) is 3.61. The predicted molar refractivity (Wildman–Crippen MR) is 59.1 cm³/mol. The van der Waals surface area contributed by atoms with E-state index in [0.717, 1.165) is 11.8 Å². The number of rotatable bonds is 3. The van der Waals surface area contributed by atoms with Gasteiger partial charge in [0.2, 0.25) is 5.12 Å². The third-order valence-corrected chi connectivity index (χ3v) is 2.61. The Bertz CT molecular complexity index is 404. The van der Waals surface area contributed by atoms with Crippen molar-refractivity contribution in [1.29, 1.82) is 0 Å². The number of hydrogen-bond acceptors (Lipinski definition) is 4. The summed E-state index contributed by atoms with van der Waals surface area (Å²) < 4.78 is 0. The Kier molecular flexibility index (Phi) is 3.88. The zero-order valence-corrected chi connectivity index (χ0v) is 9.00. The van der Waals surface area contributed by atoms with Crippen LogP contribution in [-0.4, -0.2) is 22.4 Å². The molecular formula is C10H11NO3S. The summed E-state index contributed by atoms with van der Waals surface area (Å²) >= 11 is 1.04. The van der Waals surface area contributed by atoms with Gasteiger partial charge in [0, 0.05) is 12.1 Å². The molecular weight excluding hydrogens is 214 g/mol. The van der Waals surface area contributed by atoms with Gasteiger partial charge in [0.05, 0.1) is 5.56 Å². The first-order valence-corrected chi connectivity index (χ1v) is 5.47. The smallest absolute Gasteiger partial charge is 0.336 e. The van der Waals surface area contributed by atoms with Crippen molar-refractivity contribution in [3.63, 3.8) is 0 Å². The maximum absolute atomic E-state index is 11.5. The molecule has 4 nitrogen and oxygen atoms in total. The van der Waals surface area contributed by atoms with Crippen molar-refractivity contribution in [1.82, 2.24) is 0 Å². The fourth-order valence-electron chi connectivity index (χ4n) is 1.31. The highest BCUT2D eigenvalue weighted by molar-refractivity contribution is 8.13. The van der Waals surface area contributed by atoms with Crippen LogP contribution >= 0.6 is 11.8 Å². The Labute approximate surface area is 91.5 Å². The van der Waals surface area contributed by atoms with Gasteiger partial charge in [-0.2, -0.15) is 0 Å². The Balaban J connectivity index is 3.34. The highest BCUT2D eigenvalue weighted by atomic mass is 32.2. The summed E-state index contributed by atoms with van der Waals surface area (Å²) in [5, 5.41) is 8.73. The van der Waals surface area contributed by atoms with Crippen molar-refractivity contribution in [3.8, 4) is 0 Å². The number of carbonyl (C=O) groups excluding carboxylic acids is 1. The first-order valence-electron chi connectivity index (χ1n) is 4.25. The number of carboxylic acid groups (broad SMARTS) is 1. The van der Waals surface area contributed by atoms with Crippen molar-refractivity contribution >= 4 is 22.8 Å². The van der Waals surface area contributed by atoms with Crippen LogP contribution in [0.5, 0.6) is 0 Å². The van der Waals surface area contributed by atoms with Crippen LogP contribution in [0.2, 0.25) is 0 Å². The number of thioether (sulfide) groups is 1. The van der Waals surface area contributed by atoms with E-state index in [1.807, 2.05) is 0 Å². The third kappa shape index (κ3) is 2.37. The van der Waals surface area contributed by atoms with Crippen LogP contribution in [0, 0.1) is 0 Å². The van der Waals surface area contributed by atoms with Gasteiger partial charge < -0.3 is 10.8 Å². The molecule has 3 N–H and O–H groups in total. The van der Waals surface area contributed by atoms with Gasteiger partial charge in [0.1, 0.15) is 0 Å². The molecule has 1 aromatic rings. The number of carbonyl (C=O) groups is 2. The van der Waals surface area contributed by atoms with E-state index in [1.54, 1.807) is 18.4 Å². The van der Waals surface area contributed by atoms with Crippen molar-refractivity contribution in [2.75, 3.05) is 6.26 Å². The largest absolute Gasteiger partial charge is 0.478 e. The monoisotopic (exact) mass is 225 g/mol. The van der Waals surface area contributed by atoms with Crippen LogP contribution in [0.4, 0.5) is 0 Å². The minimum atomic E-state index is -1.06. The Morgan fingerprint density at radius 3 is 2.47 bits per heavy atom. The minimum absolute atomic E-state index is 0.0457. The summed E-state index contributed by atoms with van der Waals surface area (Å²) in [4.78, 5) is 22.4. The lowest BCUT2D eigenvalue weighted by atomic mass is 10.0. The van der Waals surface area contributed by atoms with E-state index in [0.29, 0.717) is 11.1 Å². The summed E-state index contributed by atoms with van der Waals surface area (Å²) in [5.74, 6) is -1.06. The molecule has 0 atom stereocenters. The highest BCUT2D eigenvalue weighted by Crippen LogP contribution is 2.18. The number of hydrogen-bond donors (Lipinski definition) is 2. The normalized spacial score (nSPS) is 10.0. The molecule has 0 bridgehead atoms. The first kappa shape index (κ1) is 11.7. The summed E-state index contributed by atoms with van der Waals surface area (Å²) in [6.07, 6.45) is 1.65. The van der Waals surface area contributed by atoms with Crippen molar-refractivity contribution in [2.45, 2.75) is 6.54 Å². The van der Waals surface area contributed by atoms with Crippen LogP contribution in [-0.2, 0) is 6.54 Å². The molecule has 0 amide bonds. The quantitative estimate of drug-likeness (QED) is 0.811. The zero-order chi connectivity index (χ0) is 11.4. The number of nitrogens with two attached hydrogens (primary N) is 1. The highest BCUT2D eigenvalue weighted by Gasteiger charge is 2.16. The summed E-state index contributed by atoms with van der Waals surface area (Å²) in [6.45, 7) is 0.0457. The van der Waals surface area contributed by atoms with Crippen LogP contribution in [0.1, 0.15) is 26.3 Å². The maximum atomic E-state index is 11.5. The van der Waals surface area contributed by atoms with Crippen LogP contribution < -0.4 is 5.73 Å². The maximum Gasteiger partial charge on any atom is 0.336 e. The molecule has 1 rings (SSSR count). The van der Waals surface area contributed by atoms with Gasteiger partial charge in [-0.05, 0) is 17.9 Å². The fourth-order valence-corrected chi connectivity index (χ4v) is 1.72. The van der Waals surface area contributed by atoms with Crippen molar-refractivity contribution in [3.05, 3.63) is 34.9 Å². The van der Waals surface area contributed by atoms with Crippen molar-refractivity contribution in [2.24, 2.45) is 5.73 Å². The topological polar surface area (TPSA) is 80.4 Å². The molecule has 0 aromatic heterocycles. The molecule has 0 saturated heterocycles. The van der Waals surface area contributed by atoms with Crippen LogP contribution in [0.25, 0.3) is 0 Å². The predicted octanol–water partition coefficient (Wildman–Crippen LogP) is 1.35. The lowest BCUT2D eigenvalue weighted by molar-refractivity contribution is 0.0695. The van der Waals surface area contributed by atoms with E-state index >= 15 is 0 Å². The van der Waals surface area contributed by atoms with Gasteiger partial charge in [0.15, 0.2) is 0 Å². The summed E-state index contributed by atoms with van der Waals surface area (Å²) in [5.41, 5.74) is 6.32. The molecule has 1 aromatic carbocycles. The molecule has 15 heavy (non-hydrogen) atoms. The fraction of sp³-hybridized carbons (Fsp3) is 0.200. The zero-order valence-electron chi connectivity index (χ0n) is 8.19. The molecule has 0 spiro atoms. The van der Waals surface area contributed by atoms with Gasteiger partial charge in [-0.15, -0.1) is 0 Å². The van der Waals surface area contributed by atoms with Gasteiger partial charge in [-0.25, -0.2) is 4.79 Å². The molecule has 0 saturated carbocycles. The first-order chi connectivity index (χ1) is 7.11. The molecule has 0 unspecified atom stereocenters. The molecule has 0 aliphatic rings. The molecule has 0 fully saturated rings. The molecule has 80 valence electrons. The van der Waals surface area contributed by atoms with E-state index in [-0.39, 0.29) is 17.2 Å². The molecule has 0 heterocycles. The summed E-state index contributed by atoms with van der Waals surface area (Å²) in [6, 6.07) is 4.58. The SMILES string of the molecule is CSC(=O)c1cccc(C(=O)O)c1CN. The van der Waals surface area contributed by atoms with Gasteiger partial charge in [-0.1, -0.05) is 23.9 Å². The third-order valence-electron chi connectivity index (χ3n) is 2.02. The second-order valence-electron chi connectivity index (χ2n) is 2.83. The lowest BCUT2D eigenvalue weighted by Crippen LogP contribution is -2.12. The van der Waals surface area contributed by atoms with E-state index in [1.165, 1.54) is 6.07 Å². The van der Waals surface area contributed by atoms with Crippen LogP contribution in [0.3, 0.4) is 0 Å². The molecule has 5 heteroatoms. The number of carboxylic acids is 1.